The maximum absolute atomic E-state index is 11.0. The Morgan fingerprint density at radius 2 is 2.15 bits per heavy atom. The highest BCUT2D eigenvalue weighted by Crippen LogP contribution is 2.22. The minimum atomic E-state index is -0.313. The molecule has 2 aromatic rings. The van der Waals surface area contributed by atoms with Crippen molar-refractivity contribution < 1.29 is 9.53 Å². The SMILES string of the molecule is CC(=O)Oc1ccc2c(c1)nc(C)n2CCCN(C)C. The molecule has 0 radical (unpaired) electrons. The molecule has 5 heteroatoms. The number of hydrogen-bond donors (Lipinski definition) is 0. The van der Waals surface area contributed by atoms with E-state index < -0.39 is 0 Å². The van der Waals surface area contributed by atoms with E-state index in [0.717, 1.165) is 36.4 Å². The zero-order valence-electron chi connectivity index (χ0n) is 12.5. The van der Waals surface area contributed by atoms with Gasteiger partial charge >= 0.3 is 5.97 Å². The molecule has 1 aromatic heterocycles. The molecule has 0 aliphatic heterocycles. The number of benzene rings is 1. The van der Waals surface area contributed by atoms with E-state index in [1.54, 1.807) is 0 Å². The maximum Gasteiger partial charge on any atom is 0.308 e. The second kappa shape index (κ2) is 6.05. The molecule has 0 saturated carbocycles. The third-order valence-electron chi connectivity index (χ3n) is 3.16. The number of carbonyl (C=O) groups is 1. The van der Waals surface area contributed by atoms with Crippen molar-refractivity contribution in [2.24, 2.45) is 0 Å². The molecule has 0 amide bonds. The second-order valence-corrected chi connectivity index (χ2v) is 5.21. The van der Waals surface area contributed by atoms with Crippen molar-refractivity contribution in [1.29, 1.82) is 0 Å². The lowest BCUT2D eigenvalue weighted by molar-refractivity contribution is -0.131. The van der Waals surface area contributed by atoms with Gasteiger partial charge in [-0.15, -0.1) is 0 Å². The van der Waals surface area contributed by atoms with Gasteiger partial charge in [0.05, 0.1) is 11.0 Å². The van der Waals surface area contributed by atoms with Crippen LogP contribution in [0.2, 0.25) is 0 Å². The fraction of sp³-hybridized carbons (Fsp3) is 0.467. The highest BCUT2D eigenvalue weighted by Gasteiger charge is 2.09. The van der Waals surface area contributed by atoms with Gasteiger partial charge < -0.3 is 14.2 Å². The summed E-state index contributed by atoms with van der Waals surface area (Å²) in [6.45, 7) is 5.38. The Morgan fingerprint density at radius 1 is 1.40 bits per heavy atom. The smallest absolute Gasteiger partial charge is 0.308 e. The third kappa shape index (κ3) is 3.36. The fourth-order valence-electron chi connectivity index (χ4n) is 2.29. The molecule has 0 saturated heterocycles. The third-order valence-corrected chi connectivity index (χ3v) is 3.16. The summed E-state index contributed by atoms with van der Waals surface area (Å²) in [7, 11) is 4.15. The summed E-state index contributed by atoms with van der Waals surface area (Å²) < 4.78 is 7.29. The van der Waals surface area contributed by atoms with Crippen LogP contribution < -0.4 is 4.74 Å². The molecule has 0 aliphatic carbocycles. The van der Waals surface area contributed by atoms with Crippen LogP contribution in [0.5, 0.6) is 5.75 Å². The number of fused-ring (bicyclic) bond motifs is 1. The van der Waals surface area contributed by atoms with Gasteiger partial charge in [0.15, 0.2) is 0 Å². The van der Waals surface area contributed by atoms with Crippen LogP contribution in [0.4, 0.5) is 0 Å². The Bertz CT molecular complexity index is 617. The first-order valence-corrected chi connectivity index (χ1v) is 6.77. The Morgan fingerprint density at radius 3 is 2.80 bits per heavy atom. The fourth-order valence-corrected chi connectivity index (χ4v) is 2.29. The molecular formula is C15H21N3O2. The highest BCUT2D eigenvalue weighted by atomic mass is 16.5. The number of aryl methyl sites for hydroxylation is 2. The molecule has 0 aliphatic rings. The maximum atomic E-state index is 11.0. The zero-order valence-corrected chi connectivity index (χ0v) is 12.5. The van der Waals surface area contributed by atoms with Crippen LogP contribution in [0.1, 0.15) is 19.2 Å². The van der Waals surface area contributed by atoms with E-state index in [4.69, 9.17) is 4.74 Å². The quantitative estimate of drug-likeness (QED) is 0.620. The highest BCUT2D eigenvalue weighted by molar-refractivity contribution is 5.79. The average molecular weight is 275 g/mol. The van der Waals surface area contributed by atoms with E-state index >= 15 is 0 Å². The van der Waals surface area contributed by atoms with Crippen molar-refractivity contribution in [2.45, 2.75) is 26.8 Å². The van der Waals surface area contributed by atoms with Gasteiger partial charge in [-0.25, -0.2) is 4.98 Å². The normalized spacial score (nSPS) is 11.2. The van der Waals surface area contributed by atoms with Crippen molar-refractivity contribution in [3.63, 3.8) is 0 Å². The van der Waals surface area contributed by atoms with Crippen LogP contribution in [0.3, 0.4) is 0 Å². The first-order chi connectivity index (χ1) is 9.47. The van der Waals surface area contributed by atoms with Gasteiger partial charge in [0.25, 0.3) is 0 Å². The number of esters is 1. The molecule has 1 heterocycles. The molecule has 0 N–H and O–H groups in total. The Hall–Kier alpha value is -1.88. The number of rotatable bonds is 5. The van der Waals surface area contributed by atoms with Gasteiger partial charge in [0.1, 0.15) is 11.6 Å². The minimum absolute atomic E-state index is 0.313. The molecule has 0 bridgehead atoms. The molecule has 0 unspecified atom stereocenters. The molecular weight excluding hydrogens is 254 g/mol. The molecule has 108 valence electrons. The molecule has 0 fully saturated rings. The van der Waals surface area contributed by atoms with E-state index in [9.17, 15) is 4.79 Å². The number of nitrogens with zero attached hydrogens (tertiary/aromatic N) is 3. The summed E-state index contributed by atoms with van der Waals surface area (Å²) >= 11 is 0. The monoisotopic (exact) mass is 275 g/mol. The van der Waals surface area contributed by atoms with Crippen LogP contribution in [0.15, 0.2) is 18.2 Å². The van der Waals surface area contributed by atoms with Crippen LogP contribution >= 0.6 is 0 Å². The molecule has 0 spiro atoms. The van der Waals surface area contributed by atoms with Gasteiger partial charge in [-0.2, -0.15) is 0 Å². The number of carbonyl (C=O) groups excluding carboxylic acids is 1. The predicted octanol–water partition coefficient (Wildman–Crippen LogP) is 2.22. The summed E-state index contributed by atoms with van der Waals surface area (Å²) in [6, 6.07) is 5.59. The van der Waals surface area contributed by atoms with Gasteiger partial charge in [-0.3, -0.25) is 4.79 Å². The van der Waals surface area contributed by atoms with Crippen molar-refractivity contribution in [1.82, 2.24) is 14.5 Å². The lowest BCUT2D eigenvalue weighted by Crippen LogP contribution is -2.15. The van der Waals surface area contributed by atoms with Crippen LogP contribution in [-0.4, -0.2) is 41.1 Å². The lowest BCUT2D eigenvalue weighted by atomic mass is 10.3. The standard InChI is InChI=1S/C15H21N3O2/c1-11-16-14-10-13(20-12(2)19)6-7-15(14)18(11)9-5-8-17(3)4/h6-7,10H,5,8-9H2,1-4H3. The largest absolute Gasteiger partial charge is 0.427 e. The van der Waals surface area contributed by atoms with Gasteiger partial charge in [-0.05, 0) is 46.1 Å². The summed E-state index contributed by atoms with van der Waals surface area (Å²) in [5.74, 6) is 1.22. The molecule has 5 nitrogen and oxygen atoms in total. The summed E-state index contributed by atoms with van der Waals surface area (Å²) in [6.07, 6.45) is 1.07. The van der Waals surface area contributed by atoms with E-state index in [1.807, 2.05) is 25.1 Å². The molecule has 20 heavy (non-hydrogen) atoms. The van der Waals surface area contributed by atoms with Gasteiger partial charge in [0.2, 0.25) is 0 Å². The van der Waals surface area contributed by atoms with Crippen LogP contribution in [-0.2, 0) is 11.3 Å². The number of hydrogen-bond acceptors (Lipinski definition) is 4. The van der Waals surface area contributed by atoms with E-state index in [1.165, 1.54) is 6.92 Å². The van der Waals surface area contributed by atoms with Crippen molar-refractivity contribution >= 4 is 17.0 Å². The van der Waals surface area contributed by atoms with E-state index in [2.05, 4.69) is 28.5 Å². The predicted molar refractivity (Wildman–Crippen MR) is 79.0 cm³/mol. The first kappa shape index (κ1) is 14.5. The summed E-state index contributed by atoms with van der Waals surface area (Å²) in [5, 5.41) is 0. The van der Waals surface area contributed by atoms with Gasteiger partial charge in [0, 0.05) is 19.5 Å². The van der Waals surface area contributed by atoms with E-state index in [0.29, 0.717) is 5.75 Å². The van der Waals surface area contributed by atoms with Crippen molar-refractivity contribution in [3.05, 3.63) is 24.0 Å². The van der Waals surface area contributed by atoms with Gasteiger partial charge in [-0.1, -0.05) is 0 Å². The van der Waals surface area contributed by atoms with E-state index in [-0.39, 0.29) is 5.97 Å². The topological polar surface area (TPSA) is 47.4 Å². The van der Waals surface area contributed by atoms with Crippen molar-refractivity contribution in [2.75, 3.05) is 20.6 Å². The lowest BCUT2D eigenvalue weighted by Gasteiger charge is -2.11. The summed E-state index contributed by atoms with van der Waals surface area (Å²) in [5.41, 5.74) is 1.95. The first-order valence-electron chi connectivity index (χ1n) is 6.77. The zero-order chi connectivity index (χ0) is 14.7. The Kier molecular flexibility index (Phi) is 4.39. The second-order valence-electron chi connectivity index (χ2n) is 5.21. The Balaban J connectivity index is 2.23. The number of ether oxygens (including phenoxy) is 1. The molecule has 0 atom stereocenters. The number of imidazole rings is 1. The Labute approximate surface area is 119 Å². The number of aromatic nitrogens is 2. The van der Waals surface area contributed by atoms with Crippen molar-refractivity contribution in [3.8, 4) is 5.75 Å². The van der Waals surface area contributed by atoms with Crippen LogP contribution in [0, 0.1) is 6.92 Å². The molecule has 1 aromatic carbocycles. The van der Waals surface area contributed by atoms with Crippen LogP contribution in [0.25, 0.3) is 11.0 Å². The summed E-state index contributed by atoms with van der Waals surface area (Å²) in [4.78, 5) is 17.7. The minimum Gasteiger partial charge on any atom is -0.427 e. The molecule has 2 rings (SSSR count). The average Bonchev–Trinajstić information content (AvgIpc) is 2.64.